The lowest BCUT2D eigenvalue weighted by molar-refractivity contribution is 0.107. The second-order valence-corrected chi connectivity index (χ2v) is 4.42. The molecule has 0 saturated carbocycles. The predicted molar refractivity (Wildman–Crippen MR) is 75.3 cm³/mol. The highest BCUT2D eigenvalue weighted by Gasteiger charge is 2.04. The van der Waals surface area contributed by atoms with Gasteiger partial charge in [-0.3, -0.25) is 0 Å². The molecule has 1 rings (SSSR count). The summed E-state index contributed by atoms with van der Waals surface area (Å²) in [7, 11) is 0. The lowest BCUT2D eigenvalue weighted by Gasteiger charge is -2.13. The van der Waals surface area contributed by atoms with Gasteiger partial charge in [0.05, 0.1) is 0 Å². The molecule has 3 nitrogen and oxygen atoms in total. The van der Waals surface area contributed by atoms with Gasteiger partial charge in [-0.1, -0.05) is 29.8 Å². The van der Waals surface area contributed by atoms with Crippen molar-refractivity contribution >= 4 is 11.6 Å². The summed E-state index contributed by atoms with van der Waals surface area (Å²) >= 11 is 5.83. The molecule has 1 aromatic carbocycles. The lowest BCUT2D eigenvalue weighted by atomic mass is 10.3. The maximum absolute atomic E-state index is 9.70. The van der Waals surface area contributed by atoms with Gasteiger partial charge in [-0.15, -0.1) is 0 Å². The van der Waals surface area contributed by atoms with Crippen LogP contribution in [0.15, 0.2) is 36.4 Å². The van der Waals surface area contributed by atoms with Crippen molar-refractivity contribution in [3.63, 3.8) is 0 Å². The number of hydrogen-bond acceptors (Lipinski definition) is 3. The fourth-order valence-corrected chi connectivity index (χ4v) is 1.61. The number of aliphatic hydroxyl groups excluding tert-OH is 1. The van der Waals surface area contributed by atoms with E-state index in [1.807, 2.05) is 25.1 Å². The number of aliphatic hydroxyl groups is 1. The minimum Gasteiger partial charge on any atom is -0.491 e. The third-order valence-electron chi connectivity index (χ3n) is 2.34. The van der Waals surface area contributed by atoms with Crippen LogP contribution in [-0.2, 0) is 0 Å². The third-order valence-corrected chi connectivity index (χ3v) is 2.58. The van der Waals surface area contributed by atoms with Crippen LogP contribution in [0.1, 0.15) is 13.3 Å². The third kappa shape index (κ3) is 6.64. The Bertz CT molecular complexity index is 369. The van der Waals surface area contributed by atoms with Crippen molar-refractivity contribution < 1.29 is 9.84 Å². The maximum atomic E-state index is 9.70. The number of halogens is 1. The van der Waals surface area contributed by atoms with Crippen molar-refractivity contribution in [2.24, 2.45) is 0 Å². The first-order chi connectivity index (χ1) is 8.72. The standard InChI is InChI=1S/C14H20ClNO2/c1-2-3-4-8-16-10-13(17)11-18-14-7-5-6-12(15)9-14/h2-3,5-7,9,13,16-17H,4,8,10-11H2,1H3/b3-2+. The van der Waals surface area contributed by atoms with Crippen LogP contribution < -0.4 is 10.1 Å². The normalized spacial score (nSPS) is 12.8. The van der Waals surface area contributed by atoms with Crippen molar-refractivity contribution in [3.8, 4) is 5.75 Å². The average Bonchev–Trinajstić information content (AvgIpc) is 2.36. The number of nitrogens with one attached hydrogen (secondary N) is 1. The van der Waals surface area contributed by atoms with E-state index in [4.69, 9.17) is 16.3 Å². The Labute approximate surface area is 113 Å². The van der Waals surface area contributed by atoms with E-state index in [0.29, 0.717) is 17.3 Å². The van der Waals surface area contributed by atoms with E-state index in [1.165, 1.54) is 0 Å². The van der Waals surface area contributed by atoms with Gasteiger partial charge in [-0.25, -0.2) is 0 Å². The number of hydrogen-bond donors (Lipinski definition) is 2. The van der Waals surface area contributed by atoms with Gasteiger partial charge >= 0.3 is 0 Å². The van der Waals surface area contributed by atoms with Gasteiger partial charge in [0.15, 0.2) is 0 Å². The fourth-order valence-electron chi connectivity index (χ4n) is 1.43. The molecule has 1 aromatic rings. The van der Waals surface area contributed by atoms with Crippen molar-refractivity contribution in [2.45, 2.75) is 19.4 Å². The highest BCUT2D eigenvalue weighted by molar-refractivity contribution is 6.30. The largest absolute Gasteiger partial charge is 0.491 e. The molecule has 0 aliphatic heterocycles. The van der Waals surface area contributed by atoms with Gasteiger partial charge in [0.2, 0.25) is 0 Å². The summed E-state index contributed by atoms with van der Waals surface area (Å²) in [6.07, 6.45) is 4.55. The van der Waals surface area contributed by atoms with Crippen LogP contribution in [0.2, 0.25) is 5.02 Å². The second-order valence-electron chi connectivity index (χ2n) is 3.98. The Morgan fingerprint density at radius 1 is 1.50 bits per heavy atom. The fraction of sp³-hybridized carbons (Fsp3) is 0.429. The van der Waals surface area contributed by atoms with Crippen LogP contribution in [0.3, 0.4) is 0 Å². The zero-order chi connectivity index (χ0) is 13.2. The lowest BCUT2D eigenvalue weighted by Crippen LogP contribution is -2.31. The minimum atomic E-state index is -0.519. The maximum Gasteiger partial charge on any atom is 0.120 e. The van der Waals surface area contributed by atoms with Crippen LogP contribution in [0.4, 0.5) is 0 Å². The first-order valence-corrected chi connectivity index (χ1v) is 6.48. The summed E-state index contributed by atoms with van der Waals surface area (Å²) in [4.78, 5) is 0. The molecule has 0 aliphatic rings. The summed E-state index contributed by atoms with van der Waals surface area (Å²) in [5, 5.41) is 13.5. The Morgan fingerprint density at radius 3 is 3.06 bits per heavy atom. The van der Waals surface area contributed by atoms with Crippen molar-refractivity contribution in [3.05, 3.63) is 41.4 Å². The average molecular weight is 270 g/mol. The quantitative estimate of drug-likeness (QED) is 0.563. The number of benzene rings is 1. The molecule has 0 aromatic heterocycles. The van der Waals surface area contributed by atoms with Crippen molar-refractivity contribution in [1.29, 1.82) is 0 Å². The molecule has 0 radical (unpaired) electrons. The topological polar surface area (TPSA) is 41.5 Å². The SMILES string of the molecule is C/C=C/CCNCC(O)COc1cccc(Cl)c1. The van der Waals surface area contributed by atoms with Crippen LogP contribution in [0.25, 0.3) is 0 Å². The summed E-state index contributed by atoms with van der Waals surface area (Å²) in [5.41, 5.74) is 0. The molecule has 0 bridgehead atoms. The van der Waals surface area contributed by atoms with Crippen molar-refractivity contribution in [2.75, 3.05) is 19.7 Å². The van der Waals surface area contributed by atoms with E-state index in [-0.39, 0.29) is 6.61 Å². The molecule has 4 heteroatoms. The van der Waals surface area contributed by atoms with E-state index < -0.39 is 6.10 Å². The summed E-state index contributed by atoms with van der Waals surface area (Å²) in [6.45, 7) is 3.64. The molecule has 0 spiro atoms. The van der Waals surface area contributed by atoms with E-state index >= 15 is 0 Å². The first kappa shape index (κ1) is 15.0. The number of rotatable bonds is 8. The molecule has 100 valence electrons. The Kier molecular flexibility index (Phi) is 7.49. The van der Waals surface area contributed by atoms with Crippen LogP contribution in [-0.4, -0.2) is 30.9 Å². The van der Waals surface area contributed by atoms with E-state index in [0.717, 1.165) is 13.0 Å². The van der Waals surface area contributed by atoms with Crippen LogP contribution >= 0.6 is 11.6 Å². The summed E-state index contributed by atoms with van der Waals surface area (Å²) in [6, 6.07) is 7.15. The molecule has 0 aliphatic carbocycles. The molecular weight excluding hydrogens is 250 g/mol. The second kappa shape index (κ2) is 8.97. The summed E-state index contributed by atoms with van der Waals surface area (Å²) < 4.78 is 5.44. The molecule has 0 saturated heterocycles. The number of ether oxygens (including phenoxy) is 1. The summed E-state index contributed by atoms with van der Waals surface area (Å²) in [5.74, 6) is 0.676. The monoisotopic (exact) mass is 269 g/mol. The molecule has 2 N–H and O–H groups in total. The van der Waals surface area contributed by atoms with Gasteiger partial charge in [0.25, 0.3) is 0 Å². The molecule has 0 fully saturated rings. The highest BCUT2D eigenvalue weighted by Crippen LogP contribution is 2.17. The molecular formula is C14H20ClNO2. The van der Waals surface area contributed by atoms with E-state index in [1.54, 1.807) is 12.1 Å². The van der Waals surface area contributed by atoms with Gasteiger partial charge in [-0.2, -0.15) is 0 Å². The molecule has 0 amide bonds. The van der Waals surface area contributed by atoms with Crippen LogP contribution in [0, 0.1) is 0 Å². The first-order valence-electron chi connectivity index (χ1n) is 6.10. The zero-order valence-electron chi connectivity index (χ0n) is 10.6. The molecule has 1 unspecified atom stereocenters. The van der Waals surface area contributed by atoms with Gasteiger partial charge < -0.3 is 15.2 Å². The minimum absolute atomic E-state index is 0.261. The number of allylic oxidation sites excluding steroid dienone is 1. The zero-order valence-corrected chi connectivity index (χ0v) is 11.4. The molecule has 0 heterocycles. The van der Waals surface area contributed by atoms with Crippen molar-refractivity contribution in [1.82, 2.24) is 5.32 Å². The molecule has 1 atom stereocenters. The van der Waals surface area contributed by atoms with E-state index in [2.05, 4.69) is 11.4 Å². The predicted octanol–water partition coefficient (Wildman–Crippen LogP) is 2.64. The Balaban J connectivity index is 2.15. The van der Waals surface area contributed by atoms with Gasteiger partial charge in [0, 0.05) is 11.6 Å². The smallest absolute Gasteiger partial charge is 0.120 e. The highest BCUT2D eigenvalue weighted by atomic mass is 35.5. The van der Waals surface area contributed by atoms with Crippen LogP contribution in [0.5, 0.6) is 5.75 Å². The Hall–Kier alpha value is -1.03. The van der Waals surface area contributed by atoms with E-state index in [9.17, 15) is 5.11 Å². The Morgan fingerprint density at radius 2 is 2.33 bits per heavy atom. The van der Waals surface area contributed by atoms with Gasteiger partial charge in [0.1, 0.15) is 18.5 Å². The molecule has 18 heavy (non-hydrogen) atoms. The van der Waals surface area contributed by atoms with Gasteiger partial charge in [-0.05, 0) is 38.1 Å².